The molecule has 0 unspecified atom stereocenters. The fraction of sp³-hybridized carbons (Fsp3) is 0.816. The Balaban J connectivity index is 1.90. The number of aliphatic hydroxyl groups is 2. The lowest BCUT2D eigenvalue weighted by atomic mass is 9.66. The number of methoxy groups -OCH3 is 2. The van der Waals surface area contributed by atoms with Crippen LogP contribution in [0.5, 0.6) is 5.75 Å². The topological polar surface area (TPSA) is 122 Å². The van der Waals surface area contributed by atoms with E-state index < -0.39 is 67.0 Å². The second kappa shape index (κ2) is 14.5. The molecule has 10 nitrogen and oxygen atoms in total. The number of rotatable bonds is 12. The first-order valence-electron chi connectivity index (χ1n) is 17.9. The van der Waals surface area contributed by atoms with Crippen molar-refractivity contribution in [3.63, 3.8) is 0 Å². The maximum absolute atomic E-state index is 14.9. The molecule has 0 aromatic heterocycles. The van der Waals surface area contributed by atoms with Gasteiger partial charge < -0.3 is 43.1 Å². The molecule has 0 spiro atoms. The zero-order valence-corrected chi connectivity index (χ0v) is 33.3. The minimum atomic E-state index is -2.47. The fourth-order valence-corrected chi connectivity index (χ4v) is 9.70. The van der Waals surface area contributed by atoms with Crippen molar-refractivity contribution < 1.29 is 47.9 Å². The first-order valence-corrected chi connectivity index (χ1v) is 20.8. The van der Waals surface area contributed by atoms with Crippen molar-refractivity contribution in [2.45, 2.75) is 148 Å². The Kier molecular flexibility index (Phi) is 12.0. The second-order valence-corrected chi connectivity index (χ2v) is 22.0. The van der Waals surface area contributed by atoms with Crippen molar-refractivity contribution in [2.24, 2.45) is 23.2 Å². The number of ether oxygens (including phenoxy) is 6. The molecule has 2 bridgehead atoms. The Hall–Kier alpha value is -1.41. The van der Waals surface area contributed by atoms with Gasteiger partial charge in [0.05, 0.1) is 38.1 Å². The van der Waals surface area contributed by atoms with Crippen LogP contribution in [0.1, 0.15) is 87.1 Å². The second-order valence-electron chi connectivity index (χ2n) is 17.3. The molecule has 2 N–H and O–H groups in total. The third kappa shape index (κ3) is 7.71. The number of fused-ring (bicyclic) bond motifs is 2. The molecule has 0 amide bonds. The lowest BCUT2D eigenvalue weighted by Crippen LogP contribution is -2.62. The van der Waals surface area contributed by atoms with Gasteiger partial charge in [-0.2, -0.15) is 0 Å². The fourth-order valence-electron chi connectivity index (χ4n) is 8.34. The zero-order valence-electron chi connectivity index (χ0n) is 32.3. The molecule has 1 aromatic rings. The van der Waals surface area contributed by atoms with Crippen LogP contribution in [0.4, 0.5) is 0 Å². The molecule has 4 rings (SSSR count). The Morgan fingerprint density at radius 2 is 1.69 bits per heavy atom. The summed E-state index contributed by atoms with van der Waals surface area (Å²) >= 11 is 0. The predicted molar refractivity (Wildman–Crippen MR) is 190 cm³/mol. The van der Waals surface area contributed by atoms with Crippen molar-refractivity contribution in [2.75, 3.05) is 27.6 Å². The maximum atomic E-state index is 14.9. The summed E-state index contributed by atoms with van der Waals surface area (Å²) in [5.41, 5.74) is -2.43. The van der Waals surface area contributed by atoms with Crippen LogP contribution in [0, 0.1) is 23.2 Å². The van der Waals surface area contributed by atoms with Crippen LogP contribution < -0.4 is 4.74 Å². The molecule has 3 fully saturated rings. The molecule has 1 heterocycles. The van der Waals surface area contributed by atoms with E-state index in [4.69, 9.17) is 32.8 Å². The summed E-state index contributed by atoms with van der Waals surface area (Å²) in [6, 6.07) is 7.57. The van der Waals surface area contributed by atoms with Gasteiger partial charge in [-0.25, -0.2) is 0 Å². The van der Waals surface area contributed by atoms with E-state index in [1.807, 2.05) is 58.9 Å². The number of carbonyl (C=O) groups excluding carboxylic acids is 1. The van der Waals surface area contributed by atoms with Crippen LogP contribution in [-0.2, 0) is 39.5 Å². The summed E-state index contributed by atoms with van der Waals surface area (Å²) < 4.78 is 44.1. The highest BCUT2D eigenvalue weighted by Crippen LogP contribution is 2.59. The van der Waals surface area contributed by atoms with Gasteiger partial charge in [-0.3, -0.25) is 4.79 Å². The lowest BCUT2D eigenvalue weighted by molar-refractivity contribution is -0.238. The summed E-state index contributed by atoms with van der Waals surface area (Å²) in [4.78, 5) is 14.9. The number of hydrogen-bond donors (Lipinski definition) is 2. The Bertz CT molecular complexity index is 1270. The largest absolute Gasteiger partial charge is 0.497 e. The Morgan fingerprint density at radius 3 is 2.20 bits per heavy atom. The van der Waals surface area contributed by atoms with Crippen LogP contribution in [0.15, 0.2) is 24.3 Å². The molecule has 1 aliphatic heterocycles. The van der Waals surface area contributed by atoms with E-state index in [1.165, 1.54) is 0 Å². The summed E-state index contributed by atoms with van der Waals surface area (Å²) in [6.07, 6.45) is -2.02. The minimum absolute atomic E-state index is 0.0538. The SMILES string of the molecule is COCO[C@H]1C(=O)[C@@H](C)[C@@H]([C@@]2([C@H](OCc3ccc(OC)cc3)[C@H](C)O)COC(C)(C)O2)C[C@H](O[Si](C)(C)C(C)(C)C)[C@@]2(O)CC[C@H]1C2(C)C. The average molecular weight is 709 g/mol. The van der Waals surface area contributed by atoms with E-state index in [0.29, 0.717) is 12.8 Å². The highest BCUT2D eigenvalue weighted by molar-refractivity contribution is 6.74. The standard InChI is InChI=1S/C38H64O10Si/c1-24-29(37(22-46-36(8,9)48-37)33(25(2)39)44-21-26-14-16-27(43-11)17-15-26)20-30(47-49(12,13)34(3,4)5)38(41)19-18-28(35(38,6)7)32(31(24)40)45-23-42-10/h14-17,24-25,28-30,32-33,39,41H,18-23H2,1-13H3/t24-,25-,28+,29-,30-,32+,33+,37+,38-/m0/s1. The lowest BCUT2D eigenvalue weighted by Gasteiger charge is -2.52. The van der Waals surface area contributed by atoms with Crippen molar-refractivity contribution in [3.8, 4) is 5.75 Å². The number of benzene rings is 1. The van der Waals surface area contributed by atoms with Crippen molar-refractivity contribution in [1.29, 1.82) is 0 Å². The van der Waals surface area contributed by atoms with Gasteiger partial charge in [0.1, 0.15) is 30.4 Å². The van der Waals surface area contributed by atoms with E-state index in [0.717, 1.165) is 11.3 Å². The quantitative estimate of drug-likeness (QED) is 0.190. The molecule has 280 valence electrons. The third-order valence-corrected chi connectivity index (χ3v) is 16.9. The summed E-state index contributed by atoms with van der Waals surface area (Å²) in [5, 5.41) is 24.4. The van der Waals surface area contributed by atoms with Crippen LogP contribution >= 0.6 is 0 Å². The van der Waals surface area contributed by atoms with E-state index >= 15 is 0 Å². The number of hydrogen-bond acceptors (Lipinski definition) is 10. The monoisotopic (exact) mass is 708 g/mol. The minimum Gasteiger partial charge on any atom is -0.497 e. The molecule has 11 heteroatoms. The highest BCUT2D eigenvalue weighted by Gasteiger charge is 2.67. The number of carbonyl (C=O) groups is 1. The van der Waals surface area contributed by atoms with Gasteiger partial charge in [0, 0.05) is 30.3 Å². The molecular formula is C38H64O10Si. The van der Waals surface area contributed by atoms with E-state index in [1.54, 1.807) is 21.1 Å². The Morgan fingerprint density at radius 1 is 1.06 bits per heavy atom. The molecule has 49 heavy (non-hydrogen) atoms. The van der Waals surface area contributed by atoms with Crippen LogP contribution in [0.25, 0.3) is 0 Å². The van der Waals surface area contributed by atoms with Gasteiger partial charge in [-0.1, -0.05) is 53.7 Å². The summed E-state index contributed by atoms with van der Waals surface area (Å²) in [5.74, 6) is -1.92. The van der Waals surface area contributed by atoms with E-state index in [2.05, 4.69) is 33.9 Å². The van der Waals surface area contributed by atoms with Crippen molar-refractivity contribution in [3.05, 3.63) is 29.8 Å². The van der Waals surface area contributed by atoms with Gasteiger partial charge in [0.15, 0.2) is 19.9 Å². The van der Waals surface area contributed by atoms with Gasteiger partial charge in [-0.05, 0) is 75.9 Å². The van der Waals surface area contributed by atoms with Crippen LogP contribution in [-0.4, -0.2) is 93.3 Å². The highest BCUT2D eigenvalue weighted by atomic mass is 28.4. The van der Waals surface area contributed by atoms with Crippen LogP contribution in [0.3, 0.4) is 0 Å². The third-order valence-electron chi connectivity index (χ3n) is 12.4. The maximum Gasteiger partial charge on any atom is 0.192 e. The number of ketones is 1. The van der Waals surface area contributed by atoms with Gasteiger partial charge in [-0.15, -0.1) is 0 Å². The summed E-state index contributed by atoms with van der Waals surface area (Å²) in [6.45, 7) is 22.5. The van der Waals surface area contributed by atoms with E-state index in [9.17, 15) is 15.0 Å². The van der Waals surface area contributed by atoms with Gasteiger partial charge in [0.25, 0.3) is 0 Å². The molecule has 1 aromatic carbocycles. The molecule has 2 saturated carbocycles. The molecule has 0 radical (unpaired) electrons. The summed E-state index contributed by atoms with van der Waals surface area (Å²) in [7, 11) is 0.689. The predicted octanol–water partition coefficient (Wildman–Crippen LogP) is 6.25. The van der Waals surface area contributed by atoms with Crippen molar-refractivity contribution in [1.82, 2.24) is 0 Å². The molecule has 2 aliphatic carbocycles. The average Bonchev–Trinajstić information content (AvgIpc) is 3.46. The first-order chi connectivity index (χ1) is 22.6. The molecule has 1 saturated heterocycles. The van der Waals surface area contributed by atoms with E-state index in [-0.39, 0.29) is 43.2 Å². The van der Waals surface area contributed by atoms with Gasteiger partial charge >= 0.3 is 0 Å². The normalized spacial score (nSPS) is 34.6. The number of aliphatic hydroxyl groups excluding tert-OH is 1. The van der Waals surface area contributed by atoms with Gasteiger partial charge in [0.2, 0.25) is 0 Å². The molecule has 9 atom stereocenters. The first kappa shape index (κ1) is 40.4. The molecule has 3 aliphatic rings. The van der Waals surface area contributed by atoms with Crippen molar-refractivity contribution >= 4 is 14.1 Å². The number of Topliss-reactive ketones (excluding diaryl/α,β-unsaturated/α-hetero) is 1. The molecular weight excluding hydrogens is 644 g/mol. The smallest absolute Gasteiger partial charge is 0.192 e. The van der Waals surface area contributed by atoms with Crippen LogP contribution in [0.2, 0.25) is 18.1 Å². The zero-order chi connectivity index (χ0) is 36.8. The Labute approximate surface area is 295 Å².